The number of hydrogen-bond acceptors (Lipinski definition) is 9. The first-order chi connectivity index (χ1) is 22.5. The number of aryl methyl sites for hydroxylation is 1. The van der Waals surface area contributed by atoms with E-state index < -0.39 is 0 Å². The summed E-state index contributed by atoms with van der Waals surface area (Å²) in [6, 6.07) is 15.5. The number of allylic oxidation sites excluding steroid dienone is 1. The maximum atomic E-state index is 13.3. The Morgan fingerprint density at radius 1 is 1.15 bits per heavy atom. The average molecular weight is 622 g/mol. The standard InChI is InChI=1S/C34H39N9O3/c1-3-10-29(40-33-37-20-27(17-35)32(41-33)46-30-23-45-24-30)13-8-5-9-16-43(34(44)38-18-25-11-6-4-7-12-25)31-15-14-26(19-36-31)28-21-39-42(2)22-28/h4,6-7,9,11-12,14-16,19-22,29-30H,3,5,8,10,13,18,23-24H2,1-2H3,(H,38,44)(H,37,40,41)/b16-9+/t29-/m1/s1. The summed E-state index contributed by atoms with van der Waals surface area (Å²) in [7, 11) is 1.87. The minimum absolute atomic E-state index is 0.0950. The molecule has 0 aliphatic carbocycles. The van der Waals surface area contributed by atoms with E-state index in [1.165, 1.54) is 11.1 Å². The molecule has 12 nitrogen and oxygen atoms in total. The van der Waals surface area contributed by atoms with Gasteiger partial charge in [0.15, 0.2) is 0 Å². The van der Waals surface area contributed by atoms with E-state index in [4.69, 9.17) is 9.47 Å². The molecule has 1 aliphatic heterocycles. The fourth-order valence-corrected chi connectivity index (χ4v) is 4.90. The minimum Gasteiger partial charge on any atom is -0.468 e. The molecule has 4 heterocycles. The molecular formula is C34H39N9O3. The molecule has 0 unspecified atom stereocenters. The van der Waals surface area contributed by atoms with E-state index in [1.807, 2.05) is 61.8 Å². The van der Waals surface area contributed by atoms with Gasteiger partial charge in [0.1, 0.15) is 23.6 Å². The van der Waals surface area contributed by atoms with Crippen LogP contribution in [0.5, 0.6) is 5.88 Å². The van der Waals surface area contributed by atoms with E-state index >= 15 is 0 Å². The third-order valence-corrected chi connectivity index (χ3v) is 7.45. The van der Waals surface area contributed by atoms with Gasteiger partial charge in [0.05, 0.1) is 25.6 Å². The molecule has 2 amide bonds. The predicted octanol–water partition coefficient (Wildman–Crippen LogP) is 5.60. The number of amides is 2. The van der Waals surface area contributed by atoms with Crippen LogP contribution < -0.4 is 20.3 Å². The van der Waals surface area contributed by atoms with Crippen molar-refractivity contribution in [3.63, 3.8) is 0 Å². The van der Waals surface area contributed by atoms with Crippen molar-refractivity contribution in [2.45, 2.75) is 57.7 Å². The second-order valence-corrected chi connectivity index (χ2v) is 11.1. The van der Waals surface area contributed by atoms with Crippen molar-refractivity contribution in [3.8, 4) is 23.1 Å². The Morgan fingerprint density at radius 2 is 2.00 bits per heavy atom. The number of nitriles is 1. The normalized spacial score (nSPS) is 13.5. The highest BCUT2D eigenvalue weighted by Gasteiger charge is 2.23. The number of unbranched alkanes of at least 4 members (excludes halogenated alkanes) is 1. The summed E-state index contributed by atoms with van der Waals surface area (Å²) < 4.78 is 12.7. The van der Waals surface area contributed by atoms with Crippen molar-refractivity contribution >= 4 is 17.8 Å². The van der Waals surface area contributed by atoms with Gasteiger partial charge in [0.2, 0.25) is 11.8 Å². The molecule has 0 spiro atoms. The Balaban J connectivity index is 1.21. The van der Waals surface area contributed by atoms with Crippen LogP contribution in [0.1, 0.15) is 50.2 Å². The Morgan fingerprint density at radius 3 is 2.67 bits per heavy atom. The number of anilines is 2. The van der Waals surface area contributed by atoms with Crippen LogP contribution in [0.3, 0.4) is 0 Å². The molecule has 0 saturated carbocycles. The zero-order valence-electron chi connectivity index (χ0n) is 26.2. The second kappa shape index (κ2) is 16.2. The number of ether oxygens (including phenoxy) is 2. The molecule has 1 fully saturated rings. The van der Waals surface area contributed by atoms with Crippen molar-refractivity contribution in [2.75, 3.05) is 23.4 Å². The van der Waals surface area contributed by atoms with Gasteiger partial charge in [0, 0.05) is 49.4 Å². The lowest BCUT2D eigenvalue weighted by atomic mass is 10.1. The molecule has 46 heavy (non-hydrogen) atoms. The largest absolute Gasteiger partial charge is 0.468 e. The van der Waals surface area contributed by atoms with Gasteiger partial charge in [-0.15, -0.1) is 0 Å². The van der Waals surface area contributed by atoms with Crippen LogP contribution in [-0.2, 0) is 18.3 Å². The van der Waals surface area contributed by atoms with E-state index in [2.05, 4.69) is 43.7 Å². The Hall–Kier alpha value is -5.28. The number of rotatable bonds is 15. The summed E-state index contributed by atoms with van der Waals surface area (Å²) in [5.74, 6) is 1.23. The van der Waals surface area contributed by atoms with Gasteiger partial charge in [0.25, 0.3) is 0 Å². The van der Waals surface area contributed by atoms with Crippen molar-refractivity contribution in [1.29, 1.82) is 5.26 Å². The highest BCUT2D eigenvalue weighted by atomic mass is 16.6. The summed E-state index contributed by atoms with van der Waals surface area (Å²) in [6.45, 7) is 3.52. The summed E-state index contributed by atoms with van der Waals surface area (Å²) in [6.07, 6.45) is 15.0. The van der Waals surface area contributed by atoms with E-state index in [-0.39, 0.29) is 24.1 Å². The van der Waals surface area contributed by atoms with E-state index in [9.17, 15) is 10.1 Å². The van der Waals surface area contributed by atoms with Crippen molar-refractivity contribution < 1.29 is 14.3 Å². The lowest BCUT2D eigenvalue weighted by molar-refractivity contribution is -0.0814. The fourth-order valence-electron chi connectivity index (χ4n) is 4.90. The van der Waals surface area contributed by atoms with Crippen molar-refractivity contribution in [2.24, 2.45) is 7.05 Å². The van der Waals surface area contributed by atoms with Crippen LogP contribution in [0.15, 0.2) is 79.5 Å². The molecule has 1 aromatic carbocycles. The highest BCUT2D eigenvalue weighted by molar-refractivity contribution is 5.92. The first-order valence-corrected chi connectivity index (χ1v) is 15.5. The topological polar surface area (TPSA) is 143 Å². The Bertz CT molecular complexity index is 1630. The van der Waals surface area contributed by atoms with Crippen LogP contribution in [-0.4, -0.2) is 56.1 Å². The second-order valence-electron chi connectivity index (χ2n) is 11.1. The Kier molecular flexibility index (Phi) is 11.3. The number of benzene rings is 1. The number of urea groups is 1. The number of carbonyl (C=O) groups is 1. The number of hydrogen-bond donors (Lipinski definition) is 2. The SMILES string of the molecule is CCC[C@H](CCC/C=C/N(C(=O)NCc1ccccc1)c1ccc(-c2cnn(C)c2)cn1)Nc1ncc(C#N)c(OC2COC2)n1. The lowest BCUT2D eigenvalue weighted by Gasteiger charge is -2.26. The van der Waals surface area contributed by atoms with Crippen LogP contribution in [0, 0.1) is 11.3 Å². The molecule has 5 rings (SSSR count). The average Bonchev–Trinajstić information content (AvgIpc) is 3.50. The summed E-state index contributed by atoms with van der Waals surface area (Å²) >= 11 is 0. The molecule has 238 valence electrons. The maximum Gasteiger partial charge on any atom is 0.327 e. The van der Waals surface area contributed by atoms with Crippen molar-refractivity contribution in [3.05, 3.63) is 90.7 Å². The van der Waals surface area contributed by atoms with Gasteiger partial charge in [-0.1, -0.05) is 49.8 Å². The monoisotopic (exact) mass is 621 g/mol. The predicted molar refractivity (Wildman–Crippen MR) is 175 cm³/mol. The molecule has 0 bridgehead atoms. The molecule has 3 aromatic heterocycles. The van der Waals surface area contributed by atoms with E-state index in [0.717, 1.165) is 48.8 Å². The summed E-state index contributed by atoms with van der Waals surface area (Å²) in [5, 5.41) is 20.1. The quantitative estimate of drug-likeness (QED) is 0.162. The lowest BCUT2D eigenvalue weighted by Crippen LogP contribution is -2.39. The van der Waals surface area contributed by atoms with Crippen LogP contribution in [0.4, 0.5) is 16.6 Å². The smallest absolute Gasteiger partial charge is 0.327 e. The minimum atomic E-state index is -0.267. The number of nitrogens with one attached hydrogen (secondary N) is 2. The molecule has 4 aromatic rings. The van der Waals surface area contributed by atoms with E-state index in [1.54, 1.807) is 23.3 Å². The first kappa shape index (κ1) is 32.1. The van der Waals surface area contributed by atoms with Gasteiger partial charge >= 0.3 is 6.03 Å². The molecule has 0 radical (unpaired) electrons. The number of pyridine rings is 1. The van der Waals surface area contributed by atoms with E-state index in [0.29, 0.717) is 37.1 Å². The molecule has 12 heteroatoms. The van der Waals surface area contributed by atoms with Gasteiger partial charge in [-0.05, 0) is 43.4 Å². The molecule has 1 aliphatic rings. The zero-order valence-corrected chi connectivity index (χ0v) is 26.2. The van der Waals surface area contributed by atoms with Gasteiger partial charge in [-0.25, -0.2) is 14.8 Å². The number of aromatic nitrogens is 5. The maximum absolute atomic E-state index is 13.3. The summed E-state index contributed by atoms with van der Waals surface area (Å²) in [5.41, 5.74) is 3.18. The number of carbonyl (C=O) groups excluding carboxylic acids is 1. The third-order valence-electron chi connectivity index (χ3n) is 7.45. The molecule has 1 atom stereocenters. The first-order valence-electron chi connectivity index (χ1n) is 15.5. The highest BCUT2D eigenvalue weighted by Crippen LogP contribution is 2.23. The van der Waals surface area contributed by atoms with Gasteiger partial charge in [-0.3, -0.25) is 9.58 Å². The van der Waals surface area contributed by atoms with Crippen molar-refractivity contribution in [1.82, 2.24) is 30.0 Å². The zero-order chi connectivity index (χ0) is 32.1. The summed E-state index contributed by atoms with van der Waals surface area (Å²) in [4.78, 5) is 28.3. The van der Waals surface area contributed by atoms with Gasteiger partial charge in [-0.2, -0.15) is 15.3 Å². The Labute approximate surface area is 269 Å². The van der Waals surface area contributed by atoms with Crippen LogP contribution in [0.2, 0.25) is 0 Å². The molecule has 2 N–H and O–H groups in total. The fraction of sp³-hybridized carbons (Fsp3) is 0.353. The third kappa shape index (κ3) is 8.89. The number of nitrogens with zero attached hydrogens (tertiary/aromatic N) is 7. The van der Waals surface area contributed by atoms with Gasteiger partial charge < -0.3 is 20.1 Å². The van der Waals surface area contributed by atoms with Crippen LogP contribution in [0.25, 0.3) is 11.1 Å². The molecular weight excluding hydrogens is 582 g/mol. The van der Waals surface area contributed by atoms with Crippen LogP contribution >= 0.6 is 0 Å². The molecule has 1 saturated heterocycles.